The molecule has 4 aromatic carbocycles. The minimum atomic E-state index is 0.544. The predicted molar refractivity (Wildman–Crippen MR) is 110 cm³/mol. The van der Waals surface area contributed by atoms with Crippen molar-refractivity contribution in [1.29, 1.82) is 0 Å². The summed E-state index contributed by atoms with van der Waals surface area (Å²) in [7, 11) is 0. The molecule has 1 aliphatic rings. The van der Waals surface area contributed by atoms with Crippen LogP contribution in [0.2, 0.25) is 0 Å². The molecule has 0 spiro atoms. The molecule has 0 bridgehead atoms. The second kappa shape index (κ2) is 5.60. The fourth-order valence-corrected chi connectivity index (χ4v) is 3.97. The summed E-state index contributed by atoms with van der Waals surface area (Å²) >= 11 is 0. The maximum absolute atomic E-state index is 6.12. The third-order valence-electron chi connectivity index (χ3n) is 5.52. The quantitative estimate of drug-likeness (QED) is 0.363. The lowest BCUT2D eigenvalue weighted by molar-refractivity contribution is 0.303. The van der Waals surface area contributed by atoms with Crippen molar-refractivity contribution < 1.29 is 4.74 Å². The van der Waals surface area contributed by atoms with E-state index >= 15 is 0 Å². The molecule has 1 aliphatic heterocycles. The highest BCUT2D eigenvalue weighted by atomic mass is 16.5. The van der Waals surface area contributed by atoms with Crippen LogP contribution in [0.1, 0.15) is 36.5 Å². The number of ether oxygens (including phenoxy) is 1. The van der Waals surface area contributed by atoms with Gasteiger partial charge in [-0.25, -0.2) is 0 Å². The molecule has 0 aliphatic carbocycles. The Morgan fingerprint density at radius 3 is 2.27 bits per heavy atom. The van der Waals surface area contributed by atoms with Crippen molar-refractivity contribution in [2.24, 2.45) is 0 Å². The second-order valence-corrected chi connectivity index (χ2v) is 7.76. The Morgan fingerprint density at radius 1 is 0.731 bits per heavy atom. The third-order valence-corrected chi connectivity index (χ3v) is 5.52. The number of hydrogen-bond acceptors (Lipinski definition) is 1. The Hall–Kier alpha value is -2.80. The molecule has 0 amide bonds. The summed E-state index contributed by atoms with van der Waals surface area (Å²) in [5.41, 5.74) is 6.45. The van der Waals surface area contributed by atoms with Crippen LogP contribution in [-0.2, 0) is 6.61 Å². The Bertz CT molecular complexity index is 1170. The highest BCUT2D eigenvalue weighted by molar-refractivity contribution is 5.96. The monoisotopic (exact) mass is 338 g/mol. The van der Waals surface area contributed by atoms with Crippen molar-refractivity contribution in [2.45, 2.75) is 33.3 Å². The molecule has 0 unspecified atom stereocenters. The number of aryl methyl sites for hydroxylation is 1. The van der Waals surface area contributed by atoms with Crippen LogP contribution in [0.15, 0.2) is 60.7 Å². The van der Waals surface area contributed by atoms with Gasteiger partial charge in [-0.1, -0.05) is 55.8 Å². The van der Waals surface area contributed by atoms with Crippen LogP contribution in [0.3, 0.4) is 0 Å². The van der Waals surface area contributed by atoms with Gasteiger partial charge in [0, 0.05) is 5.56 Å². The summed E-state index contributed by atoms with van der Waals surface area (Å²) in [6.07, 6.45) is 0. The van der Waals surface area contributed by atoms with E-state index in [9.17, 15) is 0 Å². The molecular formula is C25H22O. The van der Waals surface area contributed by atoms with E-state index in [0.717, 1.165) is 5.75 Å². The maximum Gasteiger partial charge on any atom is 0.128 e. The zero-order chi connectivity index (χ0) is 17.8. The summed E-state index contributed by atoms with van der Waals surface area (Å²) in [6, 6.07) is 22.5. The molecule has 0 N–H and O–H groups in total. The molecule has 4 aromatic rings. The molecule has 1 heterocycles. The number of benzene rings is 4. The summed E-state index contributed by atoms with van der Waals surface area (Å²) in [5, 5.41) is 5.11. The normalized spacial score (nSPS) is 12.9. The van der Waals surface area contributed by atoms with Gasteiger partial charge < -0.3 is 4.74 Å². The molecular weight excluding hydrogens is 316 g/mol. The fourth-order valence-electron chi connectivity index (χ4n) is 3.97. The lowest BCUT2D eigenvalue weighted by Gasteiger charge is -2.22. The molecule has 0 saturated heterocycles. The van der Waals surface area contributed by atoms with Crippen molar-refractivity contribution in [1.82, 2.24) is 0 Å². The van der Waals surface area contributed by atoms with Gasteiger partial charge in [0.1, 0.15) is 12.4 Å². The third kappa shape index (κ3) is 2.39. The van der Waals surface area contributed by atoms with E-state index < -0.39 is 0 Å². The van der Waals surface area contributed by atoms with E-state index in [2.05, 4.69) is 81.4 Å². The van der Waals surface area contributed by atoms with Gasteiger partial charge in [-0.05, 0) is 75.3 Å². The number of rotatable bonds is 1. The topological polar surface area (TPSA) is 9.23 Å². The van der Waals surface area contributed by atoms with Gasteiger partial charge in [-0.3, -0.25) is 0 Å². The van der Waals surface area contributed by atoms with Crippen molar-refractivity contribution in [3.05, 3.63) is 77.4 Å². The lowest BCUT2D eigenvalue weighted by Crippen LogP contribution is -2.05. The molecule has 0 aromatic heterocycles. The minimum absolute atomic E-state index is 0.544. The van der Waals surface area contributed by atoms with Gasteiger partial charge >= 0.3 is 0 Å². The van der Waals surface area contributed by atoms with E-state index in [1.54, 1.807) is 0 Å². The highest BCUT2D eigenvalue weighted by Crippen LogP contribution is 2.42. The van der Waals surface area contributed by atoms with Crippen LogP contribution in [0, 0.1) is 6.92 Å². The van der Waals surface area contributed by atoms with Gasteiger partial charge in [0.25, 0.3) is 0 Å². The SMILES string of the molecule is Cc1ccc2cc3c(cc2c1)OCc1cc2cc(C(C)C)ccc2cc1-3. The highest BCUT2D eigenvalue weighted by Gasteiger charge is 2.19. The first-order chi connectivity index (χ1) is 12.6. The Labute approximate surface area is 154 Å². The molecule has 0 fully saturated rings. The Morgan fingerprint density at radius 2 is 1.46 bits per heavy atom. The van der Waals surface area contributed by atoms with Crippen LogP contribution in [0.5, 0.6) is 5.75 Å². The standard InChI is InChI=1S/C25H22O/c1-15(2)17-6-7-19-11-23-22(10-21(19)9-17)14-26-25-13-20-8-16(3)4-5-18(20)12-24(23)25/h4-13,15H,14H2,1-3H3. The van der Waals surface area contributed by atoms with Crippen molar-refractivity contribution in [2.75, 3.05) is 0 Å². The maximum atomic E-state index is 6.12. The lowest BCUT2D eigenvalue weighted by atomic mass is 9.90. The first-order valence-electron chi connectivity index (χ1n) is 9.33. The van der Waals surface area contributed by atoms with Gasteiger partial charge in [-0.2, -0.15) is 0 Å². The molecule has 1 heteroatoms. The summed E-state index contributed by atoms with van der Waals surface area (Å²) in [5.74, 6) is 1.54. The van der Waals surface area contributed by atoms with Crippen molar-refractivity contribution in [3.8, 4) is 16.9 Å². The Balaban J connectivity index is 1.73. The molecule has 5 rings (SSSR count). The van der Waals surface area contributed by atoms with Gasteiger partial charge in [0.15, 0.2) is 0 Å². The molecule has 128 valence electrons. The zero-order valence-corrected chi connectivity index (χ0v) is 15.5. The molecule has 0 atom stereocenters. The summed E-state index contributed by atoms with van der Waals surface area (Å²) < 4.78 is 6.12. The van der Waals surface area contributed by atoms with E-state index in [0.29, 0.717) is 12.5 Å². The Kier molecular flexibility index (Phi) is 3.33. The first-order valence-corrected chi connectivity index (χ1v) is 9.33. The van der Waals surface area contributed by atoms with Crippen LogP contribution in [0.25, 0.3) is 32.7 Å². The smallest absolute Gasteiger partial charge is 0.128 e. The average Bonchev–Trinajstić information content (AvgIpc) is 2.64. The van der Waals surface area contributed by atoms with E-state index in [-0.39, 0.29) is 0 Å². The van der Waals surface area contributed by atoms with Crippen molar-refractivity contribution in [3.63, 3.8) is 0 Å². The van der Waals surface area contributed by atoms with E-state index in [1.165, 1.54) is 49.4 Å². The number of fused-ring (bicyclic) bond motifs is 5. The molecule has 1 nitrogen and oxygen atoms in total. The molecule has 0 saturated carbocycles. The van der Waals surface area contributed by atoms with Crippen LogP contribution >= 0.6 is 0 Å². The summed E-state index contributed by atoms with van der Waals surface area (Å²) in [4.78, 5) is 0. The minimum Gasteiger partial charge on any atom is -0.488 e. The van der Waals surface area contributed by atoms with Crippen LogP contribution < -0.4 is 4.74 Å². The molecule has 26 heavy (non-hydrogen) atoms. The van der Waals surface area contributed by atoms with Gasteiger partial charge in [-0.15, -0.1) is 0 Å². The van der Waals surface area contributed by atoms with Crippen LogP contribution in [-0.4, -0.2) is 0 Å². The van der Waals surface area contributed by atoms with E-state index in [4.69, 9.17) is 4.74 Å². The van der Waals surface area contributed by atoms with Crippen LogP contribution in [0.4, 0.5) is 0 Å². The largest absolute Gasteiger partial charge is 0.488 e. The molecule has 0 radical (unpaired) electrons. The average molecular weight is 338 g/mol. The van der Waals surface area contributed by atoms with Gasteiger partial charge in [0.2, 0.25) is 0 Å². The fraction of sp³-hybridized carbons (Fsp3) is 0.200. The second-order valence-electron chi connectivity index (χ2n) is 7.76. The van der Waals surface area contributed by atoms with E-state index in [1.807, 2.05) is 0 Å². The first kappa shape index (κ1) is 15.5. The predicted octanol–water partition coefficient (Wildman–Crippen LogP) is 6.98. The van der Waals surface area contributed by atoms with Crippen molar-refractivity contribution >= 4 is 21.5 Å². The zero-order valence-electron chi connectivity index (χ0n) is 15.5. The summed E-state index contributed by atoms with van der Waals surface area (Å²) in [6.45, 7) is 7.26. The number of hydrogen-bond donors (Lipinski definition) is 0. The van der Waals surface area contributed by atoms with Gasteiger partial charge in [0.05, 0.1) is 0 Å².